The molecule has 1 unspecified atom stereocenters. The van der Waals surface area contributed by atoms with E-state index in [2.05, 4.69) is 56.2 Å². The maximum atomic E-state index is 13.3. The van der Waals surface area contributed by atoms with Gasteiger partial charge in [0, 0.05) is 71.8 Å². The lowest BCUT2D eigenvalue weighted by atomic mass is 9.92. The van der Waals surface area contributed by atoms with Crippen molar-refractivity contribution in [3.8, 4) is 0 Å². The monoisotopic (exact) mass is 817 g/mol. The lowest BCUT2D eigenvalue weighted by Crippen LogP contribution is -2.54. The Morgan fingerprint density at radius 1 is 0.909 bits per heavy atom. The first-order valence-corrected chi connectivity index (χ1v) is 20.7. The highest BCUT2D eigenvalue weighted by Crippen LogP contribution is 2.34. The third-order valence-electron chi connectivity index (χ3n) is 9.92. The molecule has 0 aromatic heterocycles. The zero-order chi connectivity index (χ0) is 37.7. The second-order valence-electron chi connectivity index (χ2n) is 13.5. The van der Waals surface area contributed by atoms with Gasteiger partial charge in [-0.2, -0.15) is 0 Å². The standard InChI is InChI=1S/C41H40ClN5O5S2.ClH/c42-34-14-10-29(11-15-34)24-30-6-4-5-7-33(30)27-45-21-22-46-35(28-45)16-12-31-25-32(13-19-39(31)46)41(48)44-54(51,52)37-17-18-38(40(26-37)47(49)50)43-20-23-53-36-8-2-1-3-9-36;/h1-11,13-15,17-19,25-26,35,43H,12,16,20-24,27-28H2,(H,44,48);1H. The molecule has 2 aliphatic rings. The highest BCUT2D eigenvalue weighted by Gasteiger charge is 2.32. The van der Waals surface area contributed by atoms with Gasteiger partial charge < -0.3 is 10.2 Å². The average Bonchev–Trinajstić information content (AvgIpc) is 3.18. The van der Waals surface area contributed by atoms with E-state index in [4.69, 9.17) is 11.6 Å². The molecule has 2 heterocycles. The van der Waals surface area contributed by atoms with Crippen LogP contribution in [0.3, 0.4) is 0 Å². The smallest absolute Gasteiger partial charge is 0.293 e. The molecule has 55 heavy (non-hydrogen) atoms. The number of sulfonamides is 1. The van der Waals surface area contributed by atoms with Crippen molar-refractivity contribution in [3.05, 3.63) is 158 Å². The van der Waals surface area contributed by atoms with Gasteiger partial charge in [-0.25, -0.2) is 13.1 Å². The van der Waals surface area contributed by atoms with Gasteiger partial charge in [0.1, 0.15) is 5.69 Å². The Kier molecular flexibility index (Phi) is 13.1. The molecule has 0 spiro atoms. The number of nitrogens with zero attached hydrogens (tertiary/aromatic N) is 3. The number of nitro benzene ring substituents is 1. The fourth-order valence-corrected chi connectivity index (χ4v) is 9.10. The number of fused-ring (bicyclic) bond motifs is 3. The van der Waals surface area contributed by atoms with E-state index in [0.29, 0.717) is 18.3 Å². The molecule has 10 nitrogen and oxygen atoms in total. The van der Waals surface area contributed by atoms with E-state index in [-0.39, 0.29) is 34.2 Å². The Balaban J connectivity index is 0.00000514. The van der Waals surface area contributed by atoms with Gasteiger partial charge in [-0.05, 0) is 96.1 Å². The maximum Gasteiger partial charge on any atom is 0.293 e. The Morgan fingerprint density at radius 3 is 2.42 bits per heavy atom. The maximum absolute atomic E-state index is 13.3. The molecule has 1 atom stereocenters. The molecule has 0 radical (unpaired) electrons. The Hall–Kier alpha value is -4.59. The van der Waals surface area contributed by atoms with E-state index in [1.54, 1.807) is 23.9 Å². The Labute approximate surface area is 336 Å². The number of piperazine rings is 1. The molecule has 1 amide bonds. The van der Waals surface area contributed by atoms with Crippen molar-refractivity contribution in [1.82, 2.24) is 9.62 Å². The molecule has 2 N–H and O–H groups in total. The molecular weight excluding hydrogens is 778 g/mol. The lowest BCUT2D eigenvalue weighted by molar-refractivity contribution is -0.384. The van der Waals surface area contributed by atoms with Gasteiger partial charge in [-0.3, -0.25) is 19.8 Å². The minimum atomic E-state index is -4.39. The predicted octanol–water partition coefficient (Wildman–Crippen LogP) is 8.22. The first-order chi connectivity index (χ1) is 26.1. The molecule has 7 rings (SSSR count). The summed E-state index contributed by atoms with van der Waals surface area (Å²) in [6.07, 6.45) is 2.52. The van der Waals surface area contributed by atoms with Crippen LogP contribution in [0.2, 0.25) is 5.02 Å². The van der Waals surface area contributed by atoms with Gasteiger partial charge >= 0.3 is 0 Å². The first kappa shape index (κ1) is 40.1. The molecule has 5 aromatic rings. The molecule has 286 valence electrons. The third kappa shape index (κ3) is 9.81. The van der Waals surface area contributed by atoms with Crippen molar-refractivity contribution in [3.63, 3.8) is 0 Å². The molecule has 14 heteroatoms. The Morgan fingerprint density at radius 2 is 1.65 bits per heavy atom. The number of amides is 1. The van der Waals surface area contributed by atoms with Crippen molar-refractivity contribution in [2.75, 3.05) is 42.1 Å². The highest BCUT2D eigenvalue weighted by atomic mass is 35.5. The summed E-state index contributed by atoms with van der Waals surface area (Å²) in [5, 5.41) is 15.6. The van der Waals surface area contributed by atoms with Crippen LogP contribution in [0.1, 0.15) is 39.0 Å². The van der Waals surface area contributed by atoms with Gasteiger partial charge in [-0.1, -0.05) is 66.2 Å². The summed E-state index contributed by atoms with van der Waals surface area (Å²) in [6.45, 7) is 3.94. The van der Waals surface area contributed by atoms with Gasteiger partial charge in [-0.15, -0.1) is 24.2 Å². The van der Waals surface area contributed by atoms with Crippen molar-refractivity contribution in [2.24, 2.45) is 0 Å². The summed E-state index contributed by atoms with van der Waals surface area (Å²) >= 11 is 7.70. The highest BCUT2D eigenvalue weighted by molar-refractivity contribution is 7.99. The molecule has 0 bridgehead atoms. The summed E-state index contributed by atoms with van der Waals surface area (Å²) in [5.74, 6) is -0.138. The third-order valence-corrected chi connectivity index (χ3v) is 12.5. The van der Waals surface area contributed by atoms with E-state index in [1.165, 1.54) is 28.8 Å². The molecule has 5 aromatic carbocycles. The number of carbonyl (C=O) groups is 1. The van der Waals surface area contributed by atoms with E-state index in [9.17, 15) is 23.3 Å². The summed E-state index contributed by atoms with van der Waals surface area (Å²) in [7, 11) is -4.39. The number of rotatable bonds is 13. The van der Waals surface area contributed by atoms with Crippen LogP contribution >= 0.6 is 35.8 Å². The minimum absolute atomic E-state index is 0. The summed E-state index contributed by atoms with van der Waals surface area (Å²) in [6, 6.07) is 35.6. The van der Waals surface area contributed by atoms with E-state index < -0.39 is 20.9 Å². The Bertz CT molecular complexity index is 2260. The lowest BCUT2D eigenvalue weighted by Gasteiger charge is -2.46. The van der Waals surface area contributed by atoms with Gasteiger partial charge in [0.05, 0.1) is 9.82 Å². The van der Waals surface area contributed by atoms with Crippen molar-refractivity contribution < 1.29 is 18.1 Å². The molecule has 0 aliphatic carbocycles. The average molecular weight is 819 g/mol. The zero-order valence-corrected chi connectivity index (χ0v) is 33.1. The molecule has 1 saturated heterocycles. The number of nitrogens with one attached hydrogen (secondary N) is 2. The molecule has 2 aliphatic heterocycles. The van der Waals surface area contributed by atoms with Crippen molar-refractivity contribution in [2.45, 2.75) is 41.6 Å². The number of hydrogen-bond donors (Lipinski definition) is 2. The quantitative estimate of drug-likeness (QED) is 0.0524. The van der Waals surface area contributed by atoms with E-state index in [1.807, 2.05) is 48.5 Å². The fraction of sp³-hybridized carbons (Fsp3) is 0.244. The van der Waals surface area contributed by atoms with E-state index >= 15 is 0 Å². The van der Waals surface area contributed by atoms with Crippen molar-refractivity contribution in [1.29, 1.82) is 0 Å². The second-order valence-corrected chi connectivity index (χ2v) is 16.8. The molecular formula is C41H41Cl2N5O5S2. The zero-order valence-electron chi connectivity index (χ0n) is 29.9. The predicted molar refractivity (Wildman–Crippen MR) is 223 cm³/mol. The number of halogens is 2. The second kappa shape index (κ2) is 17.9. The minimum Gasteiger partial charge on any atom is -0.379 e. The van der Waals surface area contributed by atoms with Crippen LogP contribution in [0, 0.1) is 10.1 Å². The summed E-state index contributed by atoms with van der Waals surface area (Å²) in [5.41, 5.74) is 5.94. The van der Waals surface area contributed by atoms with Crippen LogP contribution in [0.25, 0.3) is 0 Å². The number of aryl methyl sites for hydroxylation is 1. The number of hydrogen-bond acceptors (Lipinski definition) is 9. The SMILES string of the molecule is Cl.O=C(NS(=O)(=O)c1ccc(NCCSc2ccccc2)c([N+](=O)[O-])c1)c1ccc2c(c1)CCC1CN(Cc3ccccc3Cc3ccc(Cl)cc3)CCN21. The largest absolute Gasteiger partial charge is 0.379 e. The van der Waals surface area contributed by atoms with Gasteiger partial charge in [0.2, 0.25) is 0 Å². The summed E-state index contributed by atoms with van der Waals surface area (Å²) in [4.78, 5) is 30.2. The van der Waals surface area contributed by atoms with Crippen LogP contribution in [0.15, 0.2) is 125 Å². The topological polar surface area (TPSA) is 125 Å². The van der Waals surface area contributed by atoms with Crippen LogP contribution < -0.4 is 14.9 Å². The fourth-order valence-electron chi connectivity index (χ4n) is 7.19. The van der Waals surface area contributed by atoms with Crippen LogP contribution in [0.5, 0.6) is 0 Å². The van der Waals surface area contributed by atoms with Crippen LogP contribution in [0.4, 0.5) is 17.1 Å². The van der Waals surface area contributed by atoms with Gasteiger partial charge in [0.15, 0.2) is 0 Å². The van der Waals surface area contributed by atoms with Crippen LogP contribution in [-0.2, 0) is 29.4 Å². The van der Waals surface area contributed by atoms with Crippen LogP contribution in [-0.4, -0.2) is 62.1 Å². The number of carbonyl (C=O) groups excluding carboxylic acids is 1. The van der Waals surface area contributed by atoms with Gasteiger partial charge in [0.25, 0.3) is 21.6 Å². The van der Waals surface area contributed by atoms with E-state index in [0.717, 1.165) is 72.7 Å². The first-order valence-electron chi connectivity index (χ1n) is 17.8. The normalized spacial score (nSPS) is 15.3. The number of nitro groups is 1. The number of benzene rings is 5. The number of thioether (sulfide) groups is 1. The summed E-state index contributed by atoms with van der Waals surface area (Å²) < 4.78 is 28.7. The number of anilines is 2. The molecule has 0 saturated carbocycles. The van der Waals surface area contributed by atoms with Crippen molar-refractivity contribution >= 4 is 68.8 Å². The molecule has 1 fully saturated rings.